The zero-order valence-corrected chi connectivity index (χ0v) is 13.3. The van der Waals surface area contributed by atoms with Crippen molar-refractivity contribution >= 4 is 21.7 Å². The van der Waals surface area contributed by atoms with Crippen molar-refractivity contribution in [2.45, 2.75) is 13.5 Å². The Kier molecular flexibility index (Phi) is 3.80. The Morgan fingerprint density at radius 3 is 2.38 bits per heavy atom. The molecule has 0 saturated carbocycles. The van der Waals surface area contributed by atoms with Crippen LogP contribution in [0.25, 0.3) is 22.6 Å². The normalized spacial score (nSPS) is 10.8. The fourth-order valence-corrected chi connectivity index (χ4v) is 2.92. The number of aromatic nitrogens is 2. The maximum atomic E-state index is 6.33. The molecule has 1 aromatic heterocycles. The van der Waals surface area contributed by atoms with Gasteiger partial charge in [-0.05, 0) is 13.0 Å². The Balaban J connectivity index is 2.21. The molecule has 0 bridgehead atoms. The van der Waals surface area contributed by atoms with Crippen LogP contribution < -0.4 is 5.73 Å². The van der Waals surface area contributed by atoms with Gasteiger partial charge in [0.1, 0.15) is 17.3 Å². The summed E-state index contributed by atoms with van der Waals surface area (Å²) >= 11 is 3.57. The highest BCUT2D eigenvalue weighted by Gasteiger charge is 2.17. The Hall–Kier alpha value is -2.07. The quantitative estimate of drug-likeness (QED) is 0.757. The zero-order chi connectivity index (χ0) is 14.8. The number of halogens is 1. The van der Waals surface area contributed by atoms with Gasteiger partial charge in [0.25, 0.3) is 0 Å². The molecule has 0 aliphatic rings. The molecular weight excluding hydrogens is 326 g/mol. The Morgan fingerprint density at radius 2 is 1.71 bits per heavy atom. The van der Waals surface area contributed by atoms with Gasteiger partial charge in [0.05, 0.1) is 0 Å². The third-order valence-electron chi connectivity index (χ3n) is 3.48. The molecule has 2 aromatic carbocycles. The van der Waals surface area contributed by atoms with Crippen molar-refractivity contribution in [1.29, 1.82) is 0 Å². The van der Waals surface area contributed by atoms with Gasteiger partial charge in [-0.3, -0.25) is 0 Å². The first-order valence-electron chi connectivity index (χ1n) is 6.88. The van der Waals surface area contributed by atoms with E-state index >= 15 is 0 Å². The molecule has 0 spiro atoms. The monoisotopic (exact) mass is 341 g/mol. The number of hydrogen-bond donors (Lipinski definition) is 1. The highest BCUT2D eigenvalue weighted by atomic mass is 79.9. The molecule has 0 aliphatic carbocycles. The zero-order valence-electron chi connectivity index (χ0n) is 11.8. The van der Waals surface area contributed by atoms with Crippen molar-refractivity contribution in [3.8, 4) is 22.6 Å². The fourth-order valence-electron chi connectivity index (χ4n) is 2.44. The first-order valence-corrected chi connectivity index (χ1v) is 7.68. The second kappa shape index (κ2) is 5.74. The summed E-state index contributed by atoms with van der Waals surface area (Å²) < 4.78 is 3.04. The van der Waals surface area contributed by atoms with E-state index in [4.69, 9.17) is 10.7 Å². The standard InChI is InChI=1S/C17H16BrN3/c1-2-21-16(19)15(13-10-6-7-11-14(13)18)20-17(21)12-8-4-3-5-9-12/h3-11H,2,19H2,1H3. The summed E-state index contributed by atoms with van der Waals surface area (Å²) in [7, 11) is 0. The minimum Gasteiger partial charge on any atom is -0.383 e. The van der Waals surface area contributed by atoms with Crippen molar-refractivity contribution in [3.05, 3.63) is 59.1 Å². The lowest BCUT2D eigenvalue weighted by atomic mass is 10.1. The lowest BCUT2D eigenvalue weighted by Gasteiger charge is -2.06. The smallest absolute Gasteiger partial charge is 0.142 e. The van der Waals surface area contributed by atoms with Gasteiger partial charge >= 0.3 is 0 Å². The summed E-state index contributed by atoms with van der Waals surface area (Å²) in [5.41, 5.74) is 9.24. The van der Waals surface area contributed by atoms with Crippen molar-refractivity contribution in [3.63, 3.8) is 0 Å². The minimum absolute atomic E-state index is 0.697. The molecule has 0 atom stereocenters. The molecule has 4 heteroatoms. The Labute approximate surface area is 132 Å². The van der Waals surface area contributed by atoms with Crippen LogP contribution in [-0.4, -0.2) is 9.55 Å². The molecule has 21 heavy (non-hydrogen) atoms. The summed E-state index contributed by atoms with van der Waals surface area (Å²) in [5.74, 6) is 1.60. The molecule has 0 radical (unpaired) electrons. The first kappa shape index (κ1) is 13.9. The lowest BCUT2D eigenvalue weighted by Crippen LogP contribution is -2.02. The third kappa shape index (κ3) is 2.47. The molecule has 2 N–H and O–H groups in total. The topological polar surface area (TPSA) is 43.8 Å². The highest BCUT2D eigenvalue weighted by molar-refractivity contribution is 9.10. The predicted molar refractivity (Wildman–Crippen MR) is 90.9 cm³/mol. The number of nitrogens with zero attached hydrogens (tertiary/aromatic N) is 2. The number of imidazole rings is 1. The van der Waals surface area contributed by atoms with Gasteiger partial charge in [0.15, 0.2) is 0 Å². The summed E-state index contributed by atoms with van der Waals surface area (Å²) in [4.78, 5) is 4.79. The SMILES string of the molecule is CCn1c(-c2ccccc2)nc(-c2ccccc2Br)c1N. The molecule has 106 valence electrons. The van der Waals surface area contributed by atoms with Crippen LogP contribution in [0.2, 0.25) is 0 Å². The van der Waals surface area contributed by atoms with Crippen molar-refractivity contribution in [2.75, 3.05) is 5.73 Å². The minimum atomic E-state index is 0.697. The number of anilines is 1. The van der Waals surface area contributed by atoms with Crippen LogP contribution in [0.5, 0.6) is 0 Å². The number of benzene rings is 2. The molecule has 1 heterocycles. The average molecular weight is 342 g/mol. The highest BCUT2D eigenvalue weighted by Crippen LogP contribution is 2.34. The second-order valence-corrected chi connectivity index (χ2v) is 5.61. The number of hydrogen-bond acceptors (Lipinski definition) is 2. The first-order chi connectivity index (χ1) is 10.2. The van der Waals surface area contributed by atoms with Crippen molar-refractivity contribution in [1.82, 2.24) is 9.55 Å². The fraction of sp³-hybridized carbons (Fsp3) is 0.118. The molecule has 0 fully saturated rings. The summed E-state index contributed by atoms with van der Waals surface area (Å²) in [6, 6.07) is 18.1. The van der Waals surface area contributed by atoms with E-state index in [2.05, 4.69) is 35.0 Å². The Bertz CT molecular complexity index is 763. The van der Waals surface area contributed by atoms with E-state index in [1.165, 1.54) is 0 Å². The van der Waals surface area contributed by atoms with E-state index in [-0.39, 0.29) is 0 Å². The average Bonchev–Trinajstić information content (AvgIpc) is 2.85. The van der Waals surface area contributed by atoms with Gasteiger partial charge in [0, 0.05) is 22.1 Å². The van der Waals surface area contributed by atoms with Gasteiger partial charge in [-0.15, -0.1) is 0 Å². The van der Waals surface area contributed by atoms with Gasteiger partial charge in [-0.2, -0.15) is 0 Å². The third-order valence-corrected chi connectivity index (χ3v) is 4.18. The molecule has 0 aliphatic heterocycles. The van der Waals surface area contributed by atoms with Gasteiger partial charge in [-0.1, -0.05) is 64.5 Å². The van der Waals surface area contributed by atoms with Gasteiger partial charge in [0.2, 0.25) is 0 Å². The van der Waals surface area contributed by atoms with E-state index in [0.29, 0.717) is 5.82 Å². The molecule has 3 aromatic rings. The lowest BCUT2D eigenvalue weighted by molar-refractivity contribution is 0.781. The maximum Gasteiger partial charge on any atom is 0.142 e. The van der Waals surface area contributed by atoms with Crippen LogP contribution in [0.15, 0.2) is 59.1 Å². The van der Waals surface area contributed by atoms with E-state index in [9.17, 15) is 0 Å². The van der Waals surface area contributed by atoms with Crippen LogP contribution in [-0.2, 0) is 6.54 Å². The number of nitrogens with two attached hydrogens (primary N) is 1. The summed E-state index contributed by atoms with van der Waals surface area (Å²) in [5, 5.41) is 0. The van der Waals surface area contributed by atoms with E-state index < -0.39 is 0 Å². The van der Waals surface area contributed by atoms with E-state index in [1.54, 1.807) is 0 Å². The molecule has 3 rings (SSSR count). The van der Waals surface area contributed by atoms with Crippen LogP contribution in [0.1, 0.15) is 6.92 Å². The largest absolute Gasteiger partial charge is 0.383 e. The summed E-state index contributed by atoms with van der Waals surface area (Å²) in [6.07, 6.45) is 0. The van der Waals surface area contributed by atoms with Crippen molar-refractivity contribution < 1.29 is 0 Å². The molecule has 3 nitrogen and oxygen atoms in total. The molecule has 0 saturated heterocycles. The number of rotatable bonds is 3. The molecule has 0 amide bonds. The van der Waals surface area contributed by atoms with E-state index in [0.717, 1.165) is 33.7 Å². The predicted octanol–water partition coefficient (Wildman–Crippen LogP) is 4.58. The number of nitrogen functional groups attached to an aromatic ring is 1. The van der Waals surface area contributed by atoms with Gasteiger partial charge in [-0.25, -0.2) is 4.98 Å². The van der Waals surface area contributed by atoms with Crippen LogP contribution in [0.3, 0.4) is 0 Å². The van der Waals surface area contributed by atoms with Crippen LogP contribution in [0.4, 0.5) is 5.82 Å². The Morgan fingerprint density at radius 1 is 1.05 bits per heavy atom. The maximum absolute atomic E-state index is 6.33. The second-order valence-electron chi connectivity index (χ2n) is 4.76. The molecular formula is C17H16BrN3. The molecule has 0 unspecified atom stereocenters. The van der Waals surface area contributed by atoms with Gasteiger partial charge < -0.3 is 10.3 Å². The van der Waals surface area contributed by atoms with Crippen molar-refractivity contribution in [2.24, 2.45) is 0 Å². The van der Waals surface area contributed by atoms with Crippen LogP contribution >= 0.6 is 15.9 Å². The summed E-state index contributed by atoms with van der Waals surface area (Å²) in [6.45, 7) is 2.86. The van der Waals surface area contributed by atoms with Crippen LogP contribution in [0, 0.1) is 0 Å². The van der Waals surface area contributed by atoms with E-state index in [1.807, 2.05) is 47.0 Å².